The van der Waals surface area contributed by atoms with Crippen molar-refractivity contribution in [2.45, 2.75) is 63.2 Å². The minimum Gasteiger partial charge on any atom is -0.481 e. The zero-order valence-electron chi connectivity index (χ0n) is 24.1. The third-order valence-corrected chi connectivity index (χ3v) is 6.71. The second-order valence-corrected chi connectivity index (χ2v) is 10.1. The van der Waals surface area contributed by atoms with Gasteiger partial charge in [0.05, 0.1) is 13.0 Å². The largest absolute Gasteiger partial charge is 0.481 e. The Morgan fingerprint density at radius 1 is 0.977 bits per heavy atom. The first-order valence-electron chi connectivity index (χ1n) is 13.9. The summed E-state index contributed by atoms with van der Waals surface area (Å²) in [5, 5.41) is 19.3. The van der Waals surface area contributed by atoms with Crippen LogP contribution in [0.25, 0.3) is 0 Å². The number of aliphatic carboxylic acids is 1. The summed E-state index contributed by atoms with van der Waals surface area (Å²) in [5.41, 5.74) is 17.1. The van der Waals surface area contributed by atoms with E-state index < -0.39 is 66.6 Å². The number of aliphatic imine (C=N–C) groups is 1. The molecule has 1 aliphatic rings. The number of nitrogens with one attached hydrogen (secondary N) is 4. The number of rotatable bonds is 10. The smallest absolute Gasteiger partial charge is 0.305 e. The molecule has 0 unspecified atom stereocenters. The minimum atomic E-state index is -1.43. The molecule has 3 atom stereocenters. The number of likely N-dealkylation sites (N-methyl/N-ethyl adjacent to an activating group) is 1. The van der Waals surface area contributed by atoms with Crippen LogP contribution in [0.2, 0.25) is 0 Å². The summed E-state index contributed by atoms with van der Waals surface area (Å²) in [5.74, 6) is -4.79. The van der Waals surface area contributed by atoms with E-state index in [0.717, 1.165) is 0 Å². The minimum absolute atomic E-state index is 0.0637. The van der Waals surface area contributed by atoms with Crippen LogP contribution < -0.4 is 38.5 Å². The average molecular weight is 604 g/mol. The van der Waals surface area contributed by atoms with Gasteiger partial charge in [-0.3, -0.25) is 33.8 Å². The van der Waals surface area contributed by atoms with Crippen LogP contribution in [0.15, 0.2) is 29.3 Å². The lowest BCUT2D eigenvalue weighted by atomic mass is 10.0. The van der Waals surface area contributed by atoms with Gasteiger partial charge in [0.1, 0.15) is 18.1 Å². The maximum absolute atomic E-state index is 13.7. The van der Waals surface area contributed by atoms with Gasteiger partial charge in [-0.1, -0.05) is 12.1 Å². The van der Waals surface area contributed by atoms with Crippen molar-refractivity contribution in [2.75, 3.05) is 26.7 Å². The predicted molar refractivity (Wildman–Crippen MR) is 156 cm³/mol. The Morgan fingerprint density at radius 3 is 2.37 bits per heavy atom. The van der Waals surface area contributed by atoms with Crippen LogP contribution in [0.5, 0.6) is 0 Å². The summed E-state index contributed by atoms with van der Waals surface area (Å²) in [6.07, 6.45) is 1.12. The number of hydrogen-bond acceptors (Lipinski definition) is 8. The highest BCUT2D eigenvalue weighted by Crippen LogP contribution is 2.13. The van der Waals surface area contributed by atoms with Crippen LogP contribution in [-0.2, 0) is 30.5 Å². The second kappa shape index (κ2) is 17.3. The molecular formula is C27H41N9O7. The second-order valence-electron chi connectivity index (χ2n) is 10.1. The third kappa shape index (κ3) is 11.6. The molecular weight excluding hydrogens is 562 g/mol. The van der Waals surface area contributed by atoms with Gasteiger partial charge in [0.15, 0.2) is 5.96 Å². The lowest BCUT2D eigenvalue weighted by Crippen LogP contribution is -2.56. The molecule has 0 aromatic heterocycles. The molecule has 0 saturated carbocycles. The van der Waals surface area contributed by atoms with Gasteiger partial charge in [-0.05, 0) is 56.3 Å². The molecule has 0 radical (unpaired) electrons. The number of carbonyl (C=O) groups excluding carboxylic acids is 5. The molecule has 5 amide bonds. The molecule has 0 fully saturated rings. The quantitative estimate of drug-likeness (QED) is 0.0791. The molecule has 1 aromatic rings. The zero-order chi connectivity index (χ0) is 31.9. The maximum atomic E-state index is 13.7. The van der Waals surface area contributed by atoms with Gasteiger partial charge in [0.2, 0.25) is 23.6 Å². The van der Waals surface area contributed by atoms with E-state index in [9.17, 15) is 33.9 Å². The van der Waals surface area contributed by atoms with Crippen molar-refractivity contribution in [1.29, 1.82) is 0 Å². The third-order valence-electron chi connectivity index (χ3n) is 6.71. The molecule has 16 heteroatoms. The number of amides is 5. The van der Waals surface area contributed by atoms with E-state index in [1.807, 2.05) is 0 Å². The number of guanidine groups is 1. The normalized spacial score (nSPS) is 20.6. The van der Waals surface area contributed by atoms with Crippen LogP contribution in [0.3, 0.4) is 0 Å². The van der Waals surface area contributed by atoms with E-state index in [0.29, 0.717) is 31.4 Å². The molecule has 1 aliphatic heterocycles. The SMILES string of the molecule is CN1C(=O)[C@H](CCCCN)NC(=O)c2cccc(c2)CNC(=O)[C@H](CC(=O)O)NC(=O)CNC(=O)[C@@H]1CCCN=C(N)N. The van der Waals surface area contributed by atoms with Crippen LogP contribution in [-0.4, -0.2) is 96.3 Å². The van der Waals surface area contributed by atoms with E-state index in [2.05, 4.69) is 26.3 Å². The molecule has 43 heavy (non-hydrogen) atoms. The molecule has 0 aliphatic carbocycles. The number of unbranched alkanes of at least 4 members (excludes halogenated alkanes) is 1. The topological polar surface area (TPSA) is 264 Å². The van der Waals surface area contributed by atoms with Crippen molar-refractivity contribution in [3.63, 3.8) is 0 Å². The summed E-state index contributed by atoms with van der Waals surface area (Å²) >= 11 is 0. The molecule has 11 N–H and O–H groups in total. The number of nitrogens with zero attached hydrogens (tertiary/aromatic N) is 2. The molecule has 0 spiro atoms. The Balaban J connectivity index is 2.45. The van der Waals surface area contributed by atoms with Gasteiger partial charge in [-0.15, -0.1) is 0 Å². The molecule has 2 bridgehead atoms. The average Bonchev–Trinajstić information content (AvgIpc) is 2.96. The highest BCUT2D eigenvalue weighted by molar-refractivity contribution is 5.99. The number of carboxylic acids is 1. The lowest BCUT2D eigenvalue weighted by molar-refractivity contribution is -0.141. The maximum Gasteiger partial charge on any atom is 0.305 e. The first-order chi connectivity index (χ1) is 20.4. The van der Waals surface area contributed by atoms with Crippen LogP contribution >= 0.6 is 0 Å². The van der Waals surface area contributed by atoms with Crippen molar-refractivity contribution in [3.05, 3.63) is 35.4 Å². The van der Waals surface area contributed by atoms with E-state index in [1.54, 1.807) is 12.1 Å². The highest BCUT2D eigenvalue weighted by atomic mass is 16.4. The zero-order valence-corrected chi connectivity index (χ0v) is 24.1. The summed E-state index contributed by atoms with van der Waals surface area (Å²) in [7, 11) is 1.42. The predicted octanol–water partition coefficient (Wildman–Crippen LogP) is -2.50. The first-order valence-corrected chi connectivity index (χ1v) is 13.9. The molecule has 236 valence electrons. The van der Waals surface area contributed by atoms with E-state index in [4.69, 9.17) is 17.2 Å². The molecule has 2 rings (SSSR count). The van der Waals surface area contributed by atoms with Crippen molar-refractivity contribution < 1.29 is 33.9 Å². The van der Waals surface area contributed by atoms with E-state index >= 15 is 0 Å². The van der Waals surface area contributed by atoms with Crippen molar-refractivity contribution in [3.8, 4) is 0 Å². The number of fused-ring (bicyclic) bond motifs is 2. The summed E-state index contributed by atoms with van der Waals surface area (Å²) in [4.78, 5) is 82.1. The Kier molecular flexibility index (Phi) is 13.9. The molecule has 0 saturated heterocycles. The standard InChI is InChI=1S/C27H41N9O7/c1-36-20(9-5-11-31-27(29)30)25(42)33-15-21(37)34-19(13-22(38)39)24(41)32-14-16-6-4-7-17(12-16)23(40)35-18(26(36)43)8-2-3-10-28/h4,6-7,12,18-20H,2-3,5,8-11,13-15,28H2,1H3,(H,32,41)(H,33,42)(H,34,37)(H,35,40)(H,38,39)(H4,29,30,31)/t18-,19-,20-/m0/s1. The summed E-state index contributed by atoms with van der Waals surface area (Å²) in [6.45, 7) is -0.0868. The Hall–Kier alpha value is -4.73. The number of carboxylic acid groups (broad SMARTS) is 1. The Labute approximate surface area is 249 Å². The number of benzene rings is 1. The fourth-order valence-corrected chi connectivity index (χ4v) is 4.43. The van der Waals surface area contributed by atoms with Gasteiger partial charge in [-0.25, -0.2) is 0 Å². The van der Waals surface area contributed by atoms with Gasteiger partial charge < -0.3 is 48.5 Å². The van der Waals surface area contributed by atoms with Gasteiger partial charge in [0.25, 0.3) is 5.91 Å². The van der Waals surface area contributed by atoms with Gasteiger partial charge >= 0.3 is 5.97 Å². The fourth-order valence-electron chi connectivity index (χ4n) is 4.43. The fraction of sp³-hybridized carbons (Fsp3) is 0.519. The highest BCUT2D eigenvalue weighted by Gasteiger charge is 2.32. The molecule has 1 heterocycles. The van der Waals surface area contributed by atoms with Gasteiger partial charge in [-0.2, -0.15) is 0 Å². The Bertz CT molecular complexity index is 1200. The number of nitrogens with two attached hydrogens (primary N) is 3. The van der Waals surface area contributed by atoms with Crippen LogP contribution in [0, 0.1) is 0 Å². The van der Waals surface area contributed by atoms with Gasteiger partial charge in [0, 0.05) is 25.7 Å². The van der Waals surface area contributed by atoms with Crippen molar-refractivity contribution >= 4 is 41.5 Å². The number of hydrogen-bond donors (Lipinski definition) is 8. The van der Waals surface area contributed by atoms with Crippen LogP contribution in [0.4, 0.5) is 0 Å². The lowest BCUT2D eigenvalue weighted by Gasteiger charge is -2.31. The summed E-state index contributed by atoms with van der Waals surface area (Å²) in [6, 6.07) is 2.82. The first kappa shape index (κ1) is 34.5. The molecule has 1 aromatic carbocycles. The number of carbonyl (C=O) groups is 6. The van der Waals surface area contributed by atoms with Crippen molar-refractivity contribution in [1.82, 2.24) is 26.2 Å². The van der Waals surface area contributed by atoms with E-state index in [-0.39, 0.29) is 37.5 Å². The Morgan fingerprint density at radius 2 is 1.70 bits per heavy atom. The van der Waals surface area contributed by atoms with Crippen LogP contribution in [0.1, 0.15) is 54.4 Å². The van der Waals surface area contributed by atoms with E-state index in [1.165, 1.54) is 24.1 Å². The summed E-state index contributed by atoms with van der Waals surface area (Å²) < 4.78 is 0. The van der Waals surface area contributed by atoms with Crippen molar-refractivity contribution in [2.24, 2.45) is 22.2 Å². The molecule has 16 nitrogen and oxygen atoms in total. The monoisotopic (exact) mass is 603 g/mol.